The summed E-state index contributed by atoms with van der Waals surface area (Å²) < 4.78 is 0. The molecule has 1 N–H and O–H groups in total. The first-order valence-electron chi connectivity index (χ1n) is 9.43. The summed E-state index contributed by atoms with van der Waals surface area (Å²) in [6.45, 7) is 0. The van der Waals surface area contributed by atoms with Crippen LogP contribution < -0.4 is 15.5 Å². The smallest absolute Gasteiger partial charge is 0.345 e. The van der Waals surface area contributed by atoms with Crippen LogP contribution in [-0.2, 0) is 0 Å². The van der Waals surface area contributed by atoms with Crippen LogP contribution in [0.15, 0.2) is 59.4 Å². The number of H-pyrrole nitrogens is 1. The first kappa shape index (κ1) is 20.1. The third kappa shape index (κ3) is 5.69. The van der Waals surface area contributed by atoms with Gasteiger partial charge in [0.2, 0.25) is 0 Å². The van der Waals surface area contributed by atoms with E-state index in [1.54, 1.807) is 0 Å². The molecule has 0 bridgehead atoms. The quantitative estimate of drug-likeness (QED) is 0.688. The highest BCUT2D eigenvalue weighted by atomic mass is 16.1. The van der Waals surface area contributed by atoms with Gasteiger partial charge in [0.15, 0.2) is 0 Å². The molecule has 5 nitrogen and oxygen atoms in total. The van der Waals surface area contributed by atoms with Gasteiger partial charge in [-0.1, -0.05) is 36.4 Å². The van der Waals surface area contributed by atoms with E-state index >= 15 is 0 Å². The van der Waals surface area contributed by atoms with Crippen molar-refractivity contribution in [2.45, 2.75) is 0 Å². The second kappa shape index (κ2) is 9.06. The molecule has 0 aliphatic carbocycles. The van der Waals surface area contributed by atoms with Crippen molar-refractivity contribution in [1.82, 2.24) is 9.97 Å². The summed E-state index contributed by atoms with van der Waals surface area (Å²) in [7, 11) is 8.05. The Labute approximate surface area is 171 Å². The maximum absolute atomic E-state index is 11.9. The van der Waals surface area contributed by atoms with Crippen molar-refractivity contribution in [2.24, 2.45) is 0 Å². The lowest BCUT2D eigenvalue weighted by molar-refractivity contribution is 1.05. The number of nitrogens with zero attached hydrogens (tertiary/aromatic N) is 3. The largest absolute Gasteiger partial charge is 0.378 e. The zero-order chi connectivity index (χ0) is 20.8. The Morgan fingerprint density at radius 1 is 0.724 bits per heavy atom. The van der Waals surface area contributed by atoms with Crippen LogP contribution in [0.3, 0.4) is 0 Å². The minimum atomic E-state index is -0.363. The van der Waals surface area contributed by atoms with Crippen molar-refractivity contribution >= 4 is 35.7 Å². The molecule has 2 aromatic carbocycles. The first-order chi connectivity index (χ1) is 13.9. The number of rotatable bonds is 6. The van der Waals surface area contributed by atoms with Crippen molar-refractivity contribution in [3.63, 3.8) is 0 Å². The zero-order valence-corrected chi connectivity index (χ0v) is 17.3. The molecule has 0 saturated carbocycles. The standard InChI is InChI=1S/C24H26N4O/c1-27(2)22-13-7-18(8-14-22)5-11-20-17-21(26-24(29)25-20)12-6-19-9-15-23(16-10-19)28(3)4/h5-17H,1-4H3,(H,25,26,29). The predicted molar refractivity (Wildman–Crippen MR) is 124 cm³/mol. The third-order valence-corrected chi connectivity index (χ3v) is 4.51. The second-order valence-electron chi connectivity index (χ2n) is 7.21. The van der Waals surface area contributed by atoms with E-state index in [2.05, 4.69) is 44.0 Å². The van der Waals surface area contributed by atoms with Gasteiger partial charge in [-0.3, -0.25) is 0 Å². The zero-order valence-electron chi connectivity index (χ0n) is 17.3. The molecule has 5 heteroatoms. The maximum atomic E-state index is 11.9. The van der Waals surface area contributed by atoms with Gasteiger partial charge in [0.1, 0.15) is 0 Å². The van der Waals surface area contributed by atoms with Gasteiger partial charge in [0.05, 0.1) is 5.69 Å². The SMILES string of the molecule is CN(C)c1ccc(C=Cc2cc(C=Cc3ccc(N(C)C)cc3)[nH]c(=O)n2)cc1. The van der Waals surface area contributed by atoms with Crippen LogP contribution in [0.25, 0.3) is 24.3 Å². The number of aromatic nitrogens is 2. The van der Waals surface area contributed by atoms with Crippen LogP contribution in [0.5, 0.6) is 0 Å². The summed E-state index contributed by atoms with van der Waals surface area (Å²) in [5, 5.41) is 0. The number of aromatic amines is 1. The molecule has 29 heavy (non-hydrogen) atoms. The van der Waals surface area contributed by atoms with E-state index in [-0.39, 0.29) is 5.69 Å². The summed E-state index contributed by atoms with van der Waals surface area (Å²) in [4.78, 5) is 22.8. The Hall–Kier alpha value is -3.60. The molecule has 3 aromatic rings. The molecule has 3 rings (SSSR count). The minimum absolute atomic E-state index is 0.363. The molecule has 0 aliphatic rings. The lowest BCUT2D eigenvalue weighted by Gasteiger charge is -2.11. The average molecular weight is 386 g/mol. The average Bonchev–Trinajstić information content (AvgIpc) is 2.71. The highest BCUT2D eigenvalue weighted by Crippen LogP contribution is 2.16. The molecule has 1 aromatic heterocycles. The maximum Gasteiger partial charge on any atom is 0.345 e. The topological polar surface area (TPSA) is 52.2 Å². The van der Waals surface area contributed by atoms with E-state index in [4.69, 9.17) is 0 Å². The van der Waals surface area contributed by atoms with Crippen molar-refractivity contribution in [2.75, 3.05) is 38.0 Å². The van der Waals surface area contributed by atoms with E-state index in [1.165, 1.54) is 0 Å². The summed E-state index contributed by atoms with van der Waals surface area (Å²) in [5.74, 6) is 0. The lowest BCUT2D eigenvalue weighted by atomic mass is 10.1. The monoisotopic (exact) mass is 386 g/mol. The molecule has 0 unspecified atom stereocenters. The van der Waals surface area contributed by atoms with Crippen molar-refractivity contribution < 1.29 is 0 Å². The molecular weight excluding hydrogens is 360 g/mol. The molecule has 0 atom stereocenters. The van der Waals surface area contributed by atoms with Crippen molar-refractivity contribution in [3.05, 3.63) is 87.6 Å². The van der Waals surface area contributed by atoms with Crippen LogP contribution >= 0.6 is 0 Å². The van der Waals surface area contributed by atoms with Gasteiger partial charge in [0.25, 0.3) is 0 Å². The number of hydrogen-bond donors (Lipinski definition) is 1. The predicted octanol–water partition coefficient (Wildman–Crippen LogP) is 4.24. The van der Waals surface area contributed by atoms with Crippen LogP contribution in [0, 0.1) is 0 Å². The molecule has 0 amide bonds. The Kier molecular flexibility index (Phi) is 6.29. The van der Waals surface area contributed by atoms with Gasteiger partial charge in [0, 0.05) is 45.3 Å². The highest BCUT2D eigenvalue weighted by Gasteiger charge is 1.98. The van der Waals surface area contributed by atoms with Crippen LogP contribution in [-0.4, -0.2) is 38.2 Å². The molecule has 0 aliphatic heterocycles. The van der Waals surface area contributed by atoms with Gasteiger partial charge in [-0.25, -0.2) is 4.79 Å². The molecule has 0 saturated heterocycles. The Morgan fingerprint density at radius 2 is 1.21 bits per heavy atom. The summed E-state index contributed by atoms with van der Waals surface area (Å²) in [5.41, 5.74) is 5.37. The Morgan fingerprint density at radius 3 is 1.69 bits per heavy atom. The summed E-state index contributed by atoms with van der Waals surface area (Å²) in [6, 6.07) is 18.3. The first-order valence-corrected chi connectivity index (χ1v) is 9.43. The molecule has 0 fully saturated rings. The van der Waals surface area contributed by atoms with Crippen LogP contribution in [0.4, 0.5) is 11.4 Å². The van der Waals surface area contributed by atoms with Gasteiger partial charge < -0.3 is 14.8 Å². The number of hydrogen-bond acceptors (Lipinski definition) is 4. The molecule has 0 spiro atoms. The second-order valence-corrected chi connectivity index (χ2v) is 7.21. The van der Waals surface area contributed by atoms with Gasteiger partial charge in [-0.2, -0.15) is 4.98 Å². The third-order valence-electron chi connectivity index (χ3n) is 4.51. The normalized spacial score (nSPS) is 11.3. The fourth-order valence-corrected chi connectivity index (χ4v) is 2.81. The van der Waals surface area contributed by atoms with E-state index < -0.39 is 0 Å². The van der Waals surface area contributed by atoms with E-state index in [1.807, 2.05) is 82.8 Å². The number of benzene rings is 2. The molecule has 1 heterocycles. The molecule has 148 valence electrons. The number of anilines is 2. The Balaban J connectivity index is 1.76. The summed E-state index contributed by atoms with van der Waals surface area (Å²) >= 11 is 0. The summed E-state index contributed by atoms with van der Waals surface area (Å²) in [6.07, 6.45) is 7.66. The van der Waals surface area contributed by atoms with Gasteiger partial charge in [-0.05, 0) is 53.6 Å². The molecule has 0 radical (unpaired) electrons. The van der Waals surface area contributed by atoms with Crippen molar-refractivity contribution in [3.8, 4) is 0 Å². The number of nitrogens with one attached hydrogen (secondary N) is 1. The van der Waals surface area contributed by atoms with Crippen LogP contribution in [0.2, 0.25) is 0 Å². The van der Waals surface area contributed by atoms with E-state index in [9.17, 15) is 4.79 Å². The van der Waals surface area contributed by atoms with Crippen LogP contribution in [0.1, 0.15) is 22.5 Å². The fourth-order valence-electron chi connectivity index (χ4n) is 2.81. The fraction of sp³-hybridized carbons (Fsp3) is 0.167. The minimum Gasteiger partial charge on any atom is -0.378 e. The lowest BCUT2D eigenvalue weighted by Crippen LogP contribution is -2.12. The van der Waals surface area contributed by atoms with Gasteiger partial charge >= 0.3 is 5.69 Å². The highest BCUT2D eigenvalue weighted by molar-refractivity contribution is 5.72. The van der Waals surface area contributed by atoms with E-state index in [0.717, 1.165) is 22.5 Å². The van der Waals surface area contributed by atoms with Gasteiger partial charge in [-0.15, -0.1) is 0 Å². The van der Waals surface area contributed by atoms with Crippen molar-refractivity contribution in [1.29, 1.82) is 0 Å². The van der Waals surface area contributed by atoms with E-state index in [0.29, 0.717) is 11.4 Å². The Bertz CT molecular complexity index is 977. The molecular formula is C24H26N4O.